The van der Waals surface area contributed by atoms with Crippen LogP contribution in [0.15, 0.2) is 35.2 Å². The van der Waals surface area contributed by atoms with E-state index in [2.05, 4.69) is 20.9 Å². The highest BCUT2D eigenvalue weighted by molar-refractivity contribution is 9.10. The predicted octanol–water partition coefficient (Wildman–Crippen LogP) is 2.44. The van der Waals surface area contributed by atoms with Gasteiger partial charge in [0.15, 0.2) is 4.73 Å². The maximum atomic E-state index is 8.97. The average Bonchev–Trinajstić information content (AvgIpc) is 2.61. The lowest BCUT2D eigenvalue weighted by atomic mass is 10.2. The molecular formula is C11H11BrN2O. The zero-order valence-electron chi connectivity index (χ0n) is 8.31. The summed E-state index contributed by atoms with van der Waals surface area (Å²) in [5.41, 5.74) is 2.90. The lowest BCUT2D eigenvalue weighted by molar-refractivity contribution is 0.277. The normalized spacial score (nSPS) is 10.6. The number of aryl methyl sites for hydroxylation is 1. The Kier molecular flexibility index (Phi) is 2.88. The molecule has 0 aliphatic carbocycles. The van der Waals surface area contributed by atoms with E-state index in [0.29, 0.717) is 10.4 Å². The molecule has 78 valence electrons. The molecule has 4 heteroatoms. The van der Waals surface area contributed by atoms with E-state index in [4.69, 9.17) is 5.11 Å². The zero-order chi connectivity index (χ0) is 10.8. The summed E-state index contributed by atoms with van der Waals surface area (Å²) in [4.78, 5) is 4.16. The van der Waals surface area contributed by atoms with E-state index in [9.17, 15) is 0 Å². The van der Waals surface area contributed by atoms with Crippen LogP contribution in [0.5, 0.6) is 0 Å². The molecule has 2 rings (SSSR count). The molecule has 1 N–H and O–H groups in total. The molecule has 0 saturated heterocycles. The van der Waals surface area contributed by atoms with E-state index in [-0.39, 0.29) is 6.61 Å². The first-order valence-electron chi connectivity index (χ1n) is 4.62. The molecule has 0 atom stereocenters. The molecule has 0 aliphatic rings. The summed E-state index contributed by atoms with van der Waals surface area (Å²) in [7, 11) is 0. The van der Waals surface area contributed by atoms with Crippen LogP contribution >= 0.6 is 15.9 Å². The third-order valence-corrected chi connectivity index (χ3v) is 2.75. The van der Waals surface area contributed by atoms with Crippen molar-refractivity contribution >= 4 is 15.9 Å². The van der Waals surface area contributed by atoms with Crippen LogP contribution in [0.25, 0.3) is 5.69 Å². The van der Waals surface area contributed by atoms with Crippen molar-refractivity contribution in [3.63, 3.8) is 0 Å². The molecule has 0 bridgehead atoms. The van der Waals surface area contributed by atoms with Crippen molar-refractivity contribution in [1.29, 1.82) is 0 Å². The maximum absolute atomic E-state index is 8.97. The van der Waals surface area contributed by atoms with E-state index in [0.717, 1.165) is 5.69 Å². The number of halogens is 1. The Morgan fingerprint density at radius 2 is 2.00 bits per heavy atom. The van der Waals surface area contributed by atoms with Gasteiger partial charge in [0.2, 0.25) is 0 Å². The van der Waals surface area contributed by atoms with Crippen LogP contribution in [0, 0.1) is 6.92 Å². The molecule has 0 saturated carbocycles. The second-order valence-electron chi connectivity index (χ2n) is 3.36. The van der Waals surface area contributed by atoms with Crippen molar-refractivity contribution in [1.82, 2.24) is 9.55 Å². The highest BCUT2D eigenvalue weighted by Gasteiger charge is 2.05. The molecule has 0 amide bonds. The standard InChI is InChI=1S/C11H11BrN2O/c1-8-2-4-10(5-3-8)14-6-9(7-15)13-11(14)12/h2-6,15H,7H2,1H3. The van der Waals surface area contributed by atoms with Crippen LogP contribution in [0.4, 0.5) is 0 Å². The summed E-state index contributed by atoms with van der Waals surface area (Å²) in [5, 5.41) is 8.97. The van der Waals surface area contributed by atoms with E-state index in [1.54, 1.807) is 0 Å². The van der Waals surface area contributed by atoms with Gasteiger partial charge >= 0.3 is 0 Å². The summed E-state index contributed by atoms with van der Waals surface area (Å²) in [5.74, 6) is 0. The number of aliphatic hydroxyl groups excluding tert-OH is 1. The van der Waals surface area contributed by atoms with Crippen LogP contribution < -0.4 is 0 Å². The molecule has 0 fully saturated rings. The lowest BCUT2D eigenvalue weighted by Crippen LogP contribution is -1.92. The quantitative estimate of drug-likeness (QED) is 0.907. The number of aromatic nitrogens is 2. The molecular weight excluding hydrogens is 256 g/mol. The largest absolute Gasteiger partial charge is 0.390 e. The Balaban J connectivity index is 2.44. The van der Waals surface area contributed by atoms with Crippen LogP contribution in [0.2, 0.25) is 0 Å². The van der Waals surface area contributed by atoms with Crippen molar-refractivity contribution in [2.45, 2.75) is 13.5 Å². The van der Waals surface area contributed by atoms with Crippen molar-refractivity contribution in [3.05, 3.63) is 46.5 Å². The molecule has 0 aliphatic heterocycles. The van der Waals surface area contributed by atoms with Crippen molar-refractivity contribution in [2.75, 3.05) is 0 Å². The fourth-order valence-electron chi connectivity index (χ4n) is 1.37. The number of imidazole rings is 1. The molecule has 1 aromatic carbocycles. The first-order chi connectivity index (χ1) is 7.20. The van der Waals surface area contributed by atoms with Gasteiger partial charge < -0.3 is 5.11 Å². The molecule has 1 heterocycles. The van der Waals surface area contributed by atoms with Gasteiger partial charge in [-0.15, -0.1) is 0 Å². The van der Waals surface area contributed by atoms with E-state index in [1.807, 2.05) is 42.0 Å². The van der Waals surface area contributed by atoms with Crippen LogP contribution in [-0.2, 0) is 6.61 Å². The summed E-state index contributed by atoms with van der Waals surface area (Å²) in [6.07, 6.45) is 1.81. The summed E-state index contributed by atoms with van der Waals surface area (Å²) in [6.45, 7) is 2.00. The van der Waals surface area contributed by atoms with Gasteiger partial charge in [-0.3, -0.25) is 4.57 Å². The SMILES string of the molecule is Cc1ccc(-n2cc(CO)nc2Br)cc1. The van der Waals surface area contributed by atoms with Gasteiger partial charge in [-0.05, 0) is 35.0 Å². The Bertz CT molecular complexity index is 462. The van der Waals surface area contributed by atoms with Gasteiger partial charge in [0, 0.05) is 11.9 Å². The minimum Gasteiger partial charge on any atom is -0.390 e. The van der Waals surface area contributed by atoms with Gasteiger partial charge in [-0.25, -0.2) is 4.98 Å². The molecule has 1 aromatic heterocycles. The topological polar surface area (TPSA) is 38.0 Å². The number of hydrogen-bond donors (Lipinski definition) is 1. The molecule has 0 unspecified atom stereocenters. The molecule has 2 aromatic rings. The number of benzene rings is 1. The number of hydrogen-bond acceptors (Lipinski definition) is 2. The fraction of sp³-hybridized carbons (Fsp3) is 0.182. The summed E-state index contributed by atoms with van der Waals surface area (Å²) >= 11 is 3.35. The Morgan fingerprint density at radius 3 is 2.53 bits per heavy atom. The Hall–Kier alpha value is -1.13. The van der Waals surface area contributed by atoms with Gasteiger partial charge in [-0.2, -0.15) is 0 Å². The van der Waals surface area contributed by atoms with Crippen LogP contribution in [0.1, 0.15) is 11.3 Å². The van der Waals surface area contributed by atoms with Crippen molar-refractivity contribution < 1.29 is 5.11 Å². The van der Waals surface area contributed by atoms with Crippen LogP contribution in [-0.4, -0.2) is 14.7 Å². The highest BCUT2D eigenvalue weighted by Crippen LogP contribution is 2.17. The Labute approximate surface area is 96.5 Å². The zero-order valence-corrected chi connectivity index (χ0v) is 9.90. The summed E-state index contributed by atoms with van der Waals surface area (Å²) < 4.78 is 2.60. The fourth-order valence-corrected chi connectivity index (χ4v) is 1.90. The smallest absolute Gasteiger partial charge is 0.182 e. The van der Waals surface area contributed by atoms with Crippen molar-refractivity contribution in [2.24, 2.45) is 0 Å². The molecule has 0 radical (unpaired) electrons. The van der Waals surface area contributed by atoms with Gasteiger partial charge in [0.05, 0.1) is 12.3 Å². The number of rotatable bonds is 2. The predicted molar refractivity (Wildman–Crippen MR) is 61.9 cm³/mol. The molecule has 0 spiro atoms. The van der Waals surface area contributed by atoms with Gasteiger partial charge in [0.25, 0.3) is 0 Å². The second-order valence-corrected chi connectivity index (χ2v) is 4.07. The van der Waals surface area contributed by atoms with Crippen molar-refractivity contribution in [3.8, 4) is 5.69 Å². The minimum atomic E-state index is -0.0442. The van der Waals surface area contributed by atoms with E-state index >= 15 is 0 Å². The average molecular weight is 267 g/mol. The second kappa shape index (κ2) is 4.16. The monoisotopic (exact) mass is 266 g/mol. The van der Waals surface area contributed by atoms with E-state index in [1.165, 1.54) is 5.56 Å². The molecule has 15 heavy (non-hydrogen) atoms. The van der Waals surface area contributed by atoms with E-state index < -0.39 is 0 Å². The summed E-state index contributed by atoms with van der Waals surface area (Å²) in [6, 6.07) is 8.12. The lowest BCUT2D eigenvalue weighted by Gasteiger charge is -2.03. The third kappa shape index (κ3) is 2.11. The Morgan fingerprint density at radius 1 is 1.33 bits per heavy atom. The molecule has 3 nitrogen and oxygen atoms in total. The first kappa shape index (κ1) is 10.4. The first-order valence-corrected chi connectivity index (χ1v) is 5.41. The third-order valence-electron chi connectivity index (χ3n) is 2.19. The minimum absolute atomic E-state index is 0.0442. The highest BCUT2D eigenvalue weighted by atomic mass is 79.9. The van der Waals surface area contributed by atoms with Gasteiger partial charge in [-0.1, -0.05) is 17.7 Å². The number of nitrogens with zero attached hydrogens (tertiary/aromatic N) is 2. The number of aliphatic hydroxyl groups is 1. The van der Waals surface area contributed by atoms with Crippen LogP contribution in [0.3, 0.4) is 0 Å². The van der Waals surface area contributed by atoms with Gasteiger partial charge in [0.1, 0.15) is 0 Å². The maximum Gasteiger partial charge on any atom is 0.182 e.